The van der Waals surface area contributed by atoms with E-state index >= 15 is 0 Å². The van der Waals surface area contributed by atoms with Crippen LogP contribution in [0.2, 0.25) is 0 Å². The van der Waals surface area contributed by atoms with E-state index in [-0.39, 0.29) is 18.6 Å². The Hall–Kier alpha value is -2.22. The first-order valence-corrected chi connectivity index (χ1v) is 6.41. The number of hydrogen-bond donors (Lipinski definition) is 2. The molecule has 0 saturated heterocycles. The van der Waals surface area contributed by atoms with Crippen LogP contribution in [0.25, 0.3) is 0 Å². The minimum absolute atomic E-state index is 0.0490. The number of amides is 1. The smallest absolute Gasteiger partial charge is 0.258 e. The zero-order valence-electron chi connectivity index (χ0n) is 10.7. The molecule has 0 bridgehead atoms. The van der Waals surface area contributed by atoms with Crippen LogP contribution in [0.3, 0.4) is 0 Å². The van der Waals surface area contributed by atoms with E-state index in [0.717, 1.165) is 12.8 Å². The van der Waals surface area contributed by atoms with Gasteiger partial charge in [-0.3, -0.25) is 4.79 Å². The topological polar surface area (TPSA) is 88.1 Å². The Labute approximate surface area is 112 Å². The number of nitrogens with zero attached hydrogens (tertiary/aromatic N) is 1. The number of ether oxygens (including phenoxy) is 1. The molecule has 5 heteroatoms. The monoisotopic (exact) mass is 259 g/mol. The zero-order chi connectivity index (χ0) is 13.7. The van der Waals surface area contributed by atoms with Crippen LogP contribution in [0.4, 0.5) is 5.69 Å². The number of rotatable bonds is 4. The summed E-state index contributed by atoms with van der Waals surface area (Å²) in [7, 11) is 0. The van der Waals surface area contributed by atoms with E-state index in [1.165, 1.54) is 18.9 Å². The molecule has 1 aromatic rings. The van der Waals surface area contributed by atoms with Crippen LogP contribution < -0.4 is 15.8 Å². The number of anilines is 1. The quantitative estimate of drug-likeness (QED) is 0.803. The fourth-order valence-corrected chi connectivity index (χ4v) is 2.23. The summed E-state index contributed by atoms with van der Waals surface area (Å²) in [4.78, 5) is 11.7. The normalized spacial score (nSPS) is 14.9. The summed E-state index contributed by atoms with van der Waals surface area (Å²) < 4.78 is 5.36. The van der Waals surface area contributed by atoms with Crippen LogP contribution >= 0.6 is 0 Å². The molecule has 0 atom stereocenters. The molecular weight excluding hydrogens is 242 g/mol. The van der Waals surface area contributed by atoms with E-state index in [1.807, 2.05) is 6.07 Å². The number of nitrogens with one attached hydrogen (secondary N) is 1. The van der Waals surface area contributed by atoms with Gasteiger partial charge in [0.25, 0.3) is 5.91 Å². The van der Waals surface area contributed by atoms with E-state index in [0.29, 0.717) is 17.0 Å². The third-order valence-corrected chi connectivity index (χ3v) is 3.22. The molecule has 1 aliphatic carbocycles. The van der Waals surface area contributed by atoms with Gasteiger partial charge in [0.05, 0.1) is 17.3 Å². The van der Waals surface area contributed by atoms with Crippen molar-refractivity contribution >= 4 is 11.6 Å². The summed E-state index contributed by atoms with van der Waals surface area (Å²) in [6.45, 7) is -0.0490. The minimum atomic E-state index is -0.129. The highest BCUT2D eigenvalue weighted by atomic mass is 16.5. The maximum absolute atomic E-state index is 11.7. The molecule has 0 radical (unpaired) electrons. The lowest BCUT2D eigenvalue weighted by molar-refractivity contribution is -0.123. The van der Waals surface area contributed by atoms with Gasteiger partial charge in [0.15, 0.2) is 6.61 Å². The van der Waals surface area contributed by atoms with Crippen LogP contribution in [-0.2, 0) is 4.79 Å². The first-order chi connectivity index (χ1) is 9.19. The SMILES string of the molecule is N#Cc1ccc(OCC(=O)NC2CCCC2)c(N)c1. The van der Waals surface area contributed by atoms with Gasteiger partial charge >= 0.3 is 0 Å². The lowest BCUT2D eigenvalue weighted by Crippen LogP contribution is -2.36. The van der Waals surface area contributed by atoms with Crippen LogP contribution in [0.5, 0.6) is 5.75 Å². The molecule has 1 fully saturated rings. The van der Waals surface area contributed by atoms with Gasteiger partial charge in [-0.2, -0.15) is 5.26 Å². The summed E-state index contributed by atoms with van der Waals surface area (Å²) in [5.74, 6) is 0.302. The number of carbonyl (C=O) groups is 1. The molecule has 1 aliphatic rings. The molecule has 1 amide bonds. The third-order valence-electron chi connectivity index (χ3n) is 3.22. The summed E-state index contributed by atoms with van der Waals surface area (Å²) >= 11 is 0. The van der Waals surface area contributed by atoms with Gasteiger partial charge in [-0.05, 0) is 31.0 Å². The van der Waals surface area contributed by atoms with Crippen LogP contribution in [0.15, 0.2) is 18.2 Å². The zero-order valence-corrected chi connectivity index (χ0v) is 10.7. The Morgan fingerprint density at radius 2 is 2.21 bits per heavy atom. The van der Waals surface area contributed by atoms with Crippen LogP contribution in [0.1, 0.15) is 31.2 Å². The summed E-state index contributed by atoms with van der Waals surface area (Å²) in [5, 5.41) is 11.7. The molecular formula is C14H17N3O2. The highest BCUT2D eigenvalue weighted by molar-refractivity contribution is 5.78. The molecule has 0 unspecified atom stereocenters. The molecule has 0 aliphatic heterocycles. The van der Waals surface area contributed by atoms with E-state index in [9.17, 15) is 4.79 Å². The fourth-order valence-electron chi connectivity index (χ4n) is 2.23. The van der Waals surface area contributed by atoms with E-state index in [2.05, 4.69) is 5.32 Å². The predicted octanol–water partition coefficient (Wildman–Crippen LogP) is 1.58. The average molecular weight is 259 g/mol. The van der Waals surface area contributed by atoms with Crippen molar-refractivity contribution in [1.82, 2.24) is 5.32 Å². The van der Waals surface area contributed by atoms with Crippen molar-refractivity contribution < 1.29 is 9.53 Å². The Morgan fingerprint density at radius 3 is 2.84 bits per heavy atom. The summed E-state index contributed by atoms with van der Waals surface area (Å²) in [5.41, 5.74) is 6.58. The van der Waals surface area contributed by atoms with Crippen molar-refractivity contribution in [3.63, 3.8) is 0 Å². The molecule has 100 valence electrons. The number of nitrogen functional groups attached to an aromatic ring is 1. The molecule has 0 heterocycles. The van der Waals surface area contributed by atoms with E-state index < -0.39 is 0 Å². The van der Waals surface area contributed by atoms with Crippen LogP contribution in [-0.4, -0.2) is 18.6 Å². The fraction of sp³-hybridized carbons (Fsp3) is 0.429. The van der Waals surface area contributed by atoms with Gasteiger partial charge in [0.2, 0.25) is 0 Å². The second-order valence-corrected chi connectivity index (χ2v) is 4.70. The first-order valence-electron chi connectivity index (χ1n) is 6.41. The van der Waals surface area contributed by atoms with Crippen molar-refractivity contribution in [2.24, 2.45) is 0 Å². The maximum Gasteiger partial charge on any atom is 0.258 e. The molecule has 3 N–H and O–H groups in total. The highest BCUT2D eigenvalue weighted by Gasteiger charge is 2.17. The Balaban J connectivity index is 1.84. The van der Waals surface area contributed by atoms with Gasteiger partial charge in [-0.25, -0.2) is 0 Å². The second kappa shape index (κ2) is 6.10. The molecule has 19 heavy (non-hydrogen) atoms. The highest BCUT2D eigenvalue weighted by Crippen LogP contribution is 2.22. The van der Waals surface area contributed by atoms with Crippen molar-refractivity contribution in [3.8, 4) is 11.8 Å². The Morgan fingerprint density at radius 1 is 1.47 bits per heavy atom. The summed E-state index contributed by atoms with van der Waals surface area (Å²) in [6, 6.07) is 7.03. The molecule has 1 aromatic carbocycles. The van der Waals surface area contributed by atoms with Gasteiger partial charge in [0.1, 0.15) is 5.75 Å². The third kappa shape index (κ3) is 3.62. The average Bonchev–Trinajstić information content (AvgIpc) is 2.90. The van der Waals surface area contributed by atoms with Gasteiger partial charge in [-0.1, -0.05) is 12.8 Å². The van der Waals surface area contributed by atoms with Gasteiger partial charge in [-0.15, -0.1) is 0 Å². The number of hydrogen-bond acceptors (Lipinski definition) is 4. The number of carbonyl (C=O) groups excluding carboxylic acids is 1. The van der Waals surface area contributed by atoms with Gasteiger partial charge < -0.3 is 15.8 Å². The van der Waals surface area contributed by atoms with Crippen molar-refractivity contribution in [1.29, 1.82) is 5.26 Å². The first kappa shape index (κ1) is 13.2. The van der Waals surface area contributed by atoms with Crippen LogP contribution in [0, 0.1) is 11.3 Å². The number of benzene rings is 1. The van der Waals surface area contributed by atoms with E-state index in [1.54, 1.807) is 12.1 Å². The molecule has 0 spiro atoms. The number of nitrogens with two attached hydrogens (primary N) is 1. The molecule has 5 nitrogen and oxygen atoms in total. The Kier molecular flexibility index (Phi) is 4.24. The Bertz CT molecular complexity index is 502. The van der Waals surface area contributed by atoms with Crippen molar-refractivity contribution in [3.05, 3.63) is 23.8 Å². The molecule has 1 saturated carbocycles. The van der Waals surface area contributed by atoms with Crippen molar-refractivity contribution in [2.45, 2.75) is 31.7 Å². The second-order valence-electron chi connectivity index (χ2n) is 4.70. The molecule has 2 rings (SSSR count). The number of nitriles is 1. The predicted molar refractivity (Wildman–Crippen MR) is 71.5 cm³/mol. The van der Waals surface area contributed by atoms with E-state index in [4.69, 9.17) is 15.7 Å². The standard InChI is InChI=1S/C14H17N3O2/c15-8-10-5-6-13(12(16)7-10)19-9-14(18)17-11-3-1-2-4-11/h5-7,11H,1-4,9,16H2,(H,17,18). The lowest BCUT2D eigenvalue weighted by Gasteiger charge is -2.13. The molecule has 0 aromatic heterocycles. The summed E-state index contributed by atoms with van der Waals surface area (Å²) in [6.07, 6.45) is 4.44. The minimum Gasteiger partial charge on any atom is -0.482 e. The van der Waals surface area contributed by atoms with Gasteiger partial charge in [0, 0.05) is 6.04 Å². The van der Waals surface area contributed by atoms with Crippen molar-refractivity contribution in [2.75, 3.05) is 12.3 Å². The maximum atomic E-state index is 11.7. The lowest BCUT2D eigenvalue weighted by atomic mass is 10.2. The largest absolute Gasteiger partial charge is 0.482 e.